The molecule has 9 heteroatoms. The van der Waals surface area contributed by atoms with Gasteiger partial charge in [-0.25, -0.2) is 8.42 Å². The lowest BCUT2D eigenvalue weighted by Gasteiger charge is -2.17. The summed E-state index contributed by atoms with van der Waals surface area (Å²) in [5.74, 6) is 0.453. The van der Waals surface area contributed by atoms with Crippen molar-refractivity contribution in [1.82, 2.24) is 4.72 Å². The molecule has 3 aromatic carbocycles. The average Bonchev–Trinajstić information content (AvgIpc) is 2.71. The maximum Gasteiger partial charge on any atom is 0.242 e. The Morgan fingerprint density at radius 1 is 0.967 bits per heavy atom. The standard InChI is InChI=1S/C21H18Cl2N2O4S/c1-14(25-30(27,28)20-13-15(22)11-12-17(20)23)21(26)24-18-9-5-6-10-19(18)29-16-7-3-2-4-8-16/h2-14,25H,1H3,(H,24,26)/t14-/m0/s1. The molecule has 0 spiro atoms. The van der Waals surface area contributed by atoms with Crippen LogP contribution in [0.2, 0.25) is 10.0 Å². The number of rotatable bonds is 7. The van der Waals surface area contributed by atoms with Gasteiger partial charge < -0.3 is 10.1 Å². The molecule has 3 aromatic rings. The van der Waals surface area contributed by atoms with Crippen molar-refractivity contribution in [2.24, 2.45) is 0 Å². The molecular formula is C21H18Cl2N2O4S. The monoisotopic (exact) mass is 464 g/mol. The van der Waals surface area contributed by atoms with Gasteiger partial charge in [0.05, 0.1) is 16.8 Å². The second-order valence-electron chi connectivity index (χ2n) is 6.32. The number of hydrogen-bond acceptors (Lipinski definition) is 4. The Balaban J connectivity index is 1.74. The minimum Gasteiger partial charge on any atom is -0.455 e. The van der Waals surface area contributed by atoms with E-state index in [0.717, 1.165) is 0 Å². The fraction of sp³-hybridized carbons (Fsp3) is 0.0952. The van der Waals surface area contributed by atoms with Crippen LogP contribution in [0.3, 0.4) is 0 Å². The van der Waals surface area contributed by atoms with Gasteiger partial charge in [0.2, 0.25) is 15.9 Å². The third kappa shape index (κ3) is 5.52. The molecule has 0 aromatic heterocycles. The van der Waals surface area contributed by atoms with E-state index in [0.29, 0.717) is 17.2 Å². The van der Waals surface area contributed by atoms with Crippen molar-refractivity contribution in [3.8, 4) is 11.5 Å². The van der Waals surface area contributed by atoms with Crippen LogP contribution in [0.25, 0.3) is 0 Å². The first-order chi connectivity index (χ1) is 14.3. The highest BCUT2D eigenvalue weighted by Gasteiger charge is 2.25. The van der Waals surface area contributed by atoms with Crippen LogP contribution in [-0.2, 0) is 14.8 Å². The van der Waals surface area contributed by atoms with Crippen molar-refractivity contribution in [2.75, 3.05) is 5.32 Å². The van der Waals surface area contributed by atoms with Crippen LogP contribution in [0.15, 0.2) is 77.7 Å². The van der Waals surface area contributed by atoms with E-state index in [1.807, 2.05) is 18.2 Å². The topological polar surface area (TPSA) is 84.5 Å². The number of carbonyl (C=O) groups excluding carboxylic acids is 1. The number of carbonyl (C=O) groups is 1. The molecule has 0 aliphatic heterocycles. The Morgan fingerprint density at radius 2 is 1.63 bits per heavy atom. The third-order valence-electron chi connectivity index (χ3n) is 4.02. The summed E-state index contributed by atoms with van der Waals surface area (Å²) in [6, 6.07) is 18.9. The van der Waals surface area contributed by atoms with Gasteiger partial charge in [0.1, 0.15) is 10.6 Å². The second-order valence-corrected chi connectivity index (χ2v) is 8.84. The molecule has 30 heavy (non-hydrogen) atoms. The number of amides is 1. The van der Waals surface area contributed by atoms with Gasteiger partial charge in [-0.2, -0.15) is 4.72 Å². The molecule has 156 valence electrons. The predicted molar refractivity (Wildman–Crippen MR) is 118 cm³/mol. The zero-order valence-corrected chi connectivity index (χ0v) is 18.1. The molecule has 0 saturated heterocycles. The van der Waals surface area contributed by atoms with E-state index in [1.165, 1.54) is 25.1 Å². The molecular weight excluding hydrogens is 447 g/mol. The Morgan fingerprint density at radius 3 is 2.37 bits per heavy atom. The minimum atomic E-state index is -4.07. The molecule has 0 heterocycles. The summed E-state index contributed by atoms with van der Waals surface area (Å²) in [4.78, 5) is 12.4. The number of para-hydroxylation sites is 3. The highest BCUT2D eigenvalue weighted by molar-refractivity contribution is 7.89. The summed E-state index contributed by atoms with van der Waals surface area (Å²) in [6.45, 7) is 1.42. The van der Waals surface area contributed by atoms with E-state index in [4.69, 9.17) is 27.9 Å². The smallest absolute Gasteiger partial charge is 0.242 e. The number of benzene rings is 3. The van der Waals surface area contributed by atoms with E-state index in [2.05, 4.69) is 10.0 Å². The van der Waals surface area contributed by atoms with Crippen LogP contribution in [0, 0.1) is 0 Å². The van der Waals surface area contributed by atoms with Crippen molar-refractivity contribution in [1.29, 1.82) is 0 Å². The zero-order chi connectivity index (χ0) is 21.7. The molecule has 6 nitrogen and oxygen atoms in total. The van der Waals surface area contributed by atoms with E-state index in [9.17, 15) is 13.2 Å². The number of nitrogens with one attached hydrogen (secondary N) is 2. The second kappa shape index (κ2) is 9.49. The first kappa shape index (κ1) is 22.1. The van der Waals surface area contributed by atoms with Crippen LogP contribution in [0.1, 0.15) is 6.92 Å². The van der Waals surface area contributed by atoms with Crippen molar-refractivity contribution >= 4 is 44.8 Å². The Hall–Kier alpha value is -2.58. The van der Waals surface area contributed by atoms with Crippen molar-refractivity contribution in [2.45, 2.75) is 17.9 Å². The summed E-state index contributed by atoms with van der Waals surface area (Å²) >= 11 is 11.8. The number of hydrogen-bond donors (Lipinski definition) is 2. The molecule has 0 unspecified atom stereocenters. The van der Waals surface area contributed by atoms with E-state index >= 15 is 0 Å². The molecule has 0 saturated carbocycles. The van der Waals surface area contributed by atoms with Gasteiger partial charge >= 0.3 is 0 Å². The van der Waals surface area contributed by atoms with Gasteiger partial charge in [0, 0.05) is 5.02 Å². The van der Waals surface area contributed by atoms with Crippen molar-refractivity contribution in [3.05, 3.63) is 82.8 Å². The van der Waals surface area contributed by atoms with Crippen LogP contribution in [0.4, 0.5) is 5.69 Å². The van der Waals surface area contributed by atoms with Gasteiger partial charge in [-0.15, -0.1) is 0 Å². The summed E-state index contributed by atoms with van der Waals surface area (Å²) in [6.07, 6.45) is 0. The van der Waals surface area contributed by atoms with E-state index in [-0.39, 0.29) is 14.9 Å². The molecule has 1 amide bonds. The largest absolute Gasteiger partial charge is 0.455 e. The molecule has 1 atom stereocenters. The fourth-order valence-electron chi connectivity index (χ4n) is 2.55. The van der Waals surface area contributed by atoms with Crippen molar-refractivity contribution < 1.29 is 17.9 Å². The zero-order valence-electron chi connectivity index (χ0n) is 15.8. The van der Waals surface area contributed by atoms with Crippen LogP contribution in [-0.4, -0.2) is 20.4 Å². The maximum atomic E-state index is 12.6. The fourth-order valence-corrected chi connectivity index (χ4v) is 4.51. The number of halogens is 2. The Bertz CT molecular complexity index is 1150. The predicted octanol–water partition coefficient (Wildman–Crippen LogP) is 5.09. The summed E-state index contributed by atoms with van der Waals surface area (Å²) in [5.41, 5.74) is 0.401. The average molecular weight is 465 g/mol. The molecule has 0 aliphatic rings. The number of sulfonamides is 1. The van der Waals surface area contributed by atoms with Crippen molar-refractivity contribution in [3.63, 3.8) is 0 Å². The van der Waals surface area contributed by atoms with Gasteiger partial charge in [-0.3, -0.25) is 4.79 Å². The first-order valence-corrected chi connectivity index (χ1v) is 11.1. The van der Waals surface area contributed by atoms with E-state index < -0.39 is 22.0 Å². The van der Waals surface area contributed by atoms with Crippen LogP contribution < -0.4 is 14.8 Å². The van der Waals surface area contributed by atoms with Gasteiger partial charge in [0.25, 0.3) is 0 Å². The quantitative estimate of drug-likeness (QED) is 0.509. The minimum absolute atomic E-state index is 0.00103. The maximum absolute atomic E-state index is 12.6. The highest BCUT2D eigenvalue weighted by atomic mass is 35.5. The highest BCUT2D eigenvalue weighted by Crippen LogP contribution is 2.29. The molecule has 2 N–H and O–H groups in total. The number of anilines is 1. The molecule has 3 rings (SSSR count). The molecule has 0 bridgehead atoms. The first-order valence-electron chi connectivity index (χ1n) is 8.86. The van der Waals surface area contributed by atoms with Gasteiger partial charge in [-0.05, 0) is 49.4 Å². The molecule has 0 aliphatic carbocycles. The normalized spacial score (nSPS) is 12.2. The lowest BCUT2D eigenvalue weighted by atomic mass is 10.2. The summed E-state index contributed by atoms with van der Waals surface area (Å²) in [7, 11) is -4.07. The summed E-state index contributed by atoms with van der Waals surface area (Å²) in [5, 5.41) is 2.89. The van der Waals surface area contributed by atoms with E-state index in [1.54, 1.807) is 36.4 Å². The lowest BCUT2D eigenvalue weighted by molar-refractivity contribution is -0.117. The lowest BCUT2D eigenvalue weighted by Crippen LogP contribution is -2.41. The third-order valence-corrected chi connectivity index (χ3v) is 6.28. The molecule has 0 radical (unpaired) electrons. The SMILES string of the molecule is C[C@H](NS(=O)(=O)c1cc(Cl)ccc1Cl)C(=O)Nc1ccccc1Oc1ccccc1. The number of ether oxygens (including phenoxy) is 1. The van der Waals surface area contributed by atoms with Crippen LogP contribution in [0.5, 0.6) is 11.5 Å². The summed E-state index contributed by atoms with van der Waals surface area (Å²) < 4.78 is 33.4. The molecule has 0 fully saturated rings. The van der Waals surface area contributed by atoms with Gasteiger partial charge in [-0.1, -0.05) is 53.5 Å². The van der Waals surface area contributed by atoms with Gasteiger partial charge in [0.15, 0.2) is 5.75 Å². The Labute approximate surface area is 184 Å². The Kier molecular flexibility index (Phi) is 6.99. The van der Waals surface area contributed by atoms with Crippen LogP contribution >= 0.6 is 23.2 Å².